The fourth-order valence-electron chi connectivity index (χ4n) is 5.72. The van der Waals surface area contributed by atoms with Crippen LogP contribution in [-0.4, -0.2) is 75.6 Å². The van der Waals surface area contributed by atoms with Gasteiger partial charge in [0.05, 0.1) is 17.9 Å². The van der Waals surface area contributed by atoms with E-state index in [2.05, 4.69) is 68.6 Å². The zero-order chi connectivity index (χ0) is 28.8. The van der Waals surface area contributed by atoms with Gasteiger partial charge in [-0.25, -0.2) is 4.98 Å². The molecule has 5 rings (SSSR count). The molecule has 9 heteroatoms. The van der Waals surface area contributed by atoms with Gasteiger partial charge in [0.2, 0.25) is 5.88 Å². The number of benzene rings is 2. The van der Waals surface area contributed by atoms with Gasteiger partial charge in [-0.1, -0.05) is 36.4 Å². The van der Waals surface area contributed by atoms with E-state index in [1.165, 1.54) is 11.8 Å². The first-order valence-corrected chi connectivity index (χ1v) is 15.2. The highest BCUT2D eigenvalue weighted by molar-refractivity contribution is 7.98. The molecule has 3 heterocycles. The summed E-state index contributed by atoms with van der Waals surface area (Å²) in [6, 6.07) is 19.2. The molecule has 1 aromatic heterocycles. The van der Waals surface area contributed by atoms with Crippen LogP contribution in [0.5, 0.6) is 5.88 Å². The van der Waals surface area contributed by atoms with Gasteiger partial charge in [-0.05, 0) is 45.1 Å². The molecule has 0 radical (unpaired) electrons. The molecule has 1 unspecified atom stereocenters. The summed E-state index contributed by atoms with van der Waals surface area (Å²) in [7, 11) is 4.03. The van der Waals surface area contributed by atoms with E-state index in [0.29, 0.717) is 18.0 Å². The van der Waals surface area contributed by atoms with Crippen molar-refractivity contribution in [3.63, 3.8) is 0 Å². The van der Waals surface area contributed by atoms with Crippen LogP contribution < -0.4 is 19.9 Å². The van der Waals surface area contributed by atoms with E-state index in [4.69, 9.17) is 15.1 Å². The summed E-state index contributed by atoms with van der Waals surface area (Å²) in [5, 5.41) is 22.1. The van der Waals surface area contributed by atoms with Gasteiger partial charge in [0.25, 0.3) is 0 Å². The number of pyridine rings is 1. The highest BCUT2D eigenvalue weighted by atomic mass is 32.2. The Kier molecular flexibility index (Phi) is 9.45. The highest BCUT2D eigenvalue weighted by Crippen LogP contribution is 2.39. The van der Waals surface area contributed by atoms with E-state index < -0.39 is 0 Å². The van der Waals surface area contributed by atoms with Crippen molar-refractivity contribution >= 4 is 29.4 Å². The second-order valence-electron chi connectivity index (χ2n) is 10.9. The molecule has 2 N–H and O–H groups in total. The minimum absolute atomic E-state index is 0.110. The number of nitrogens with zero attached hydrogens (tertiary/aromatic N) is 5. The van der Waals surface area contributed by atoms with Crippen molar-refractivity contribution in [2.45, 2.75) is 36.6 Å². The van der Waals surface area contributed by atoms with E-state index in [9.17, 15) is 5.26 Å². The maximum atomic E-state index is 10.3. The number of hydrogen-bond donors (Lipinski definition) is 2. The summed E-state index contributed by atoms with van der Waals surface area (Å²) in [5.41, 5.74) is 6.88. The van der Waals surface area contributed by atoms with Crippen LogP contribution in [0.25, 0.3) is 0 Å². The highest BCUT2D eigenvalue weighted by Gasteiger charge is 2.30. The van der Waals surface area contributed by atoms with Crippen LogP contribution in [0.4, 0.5) is 11.4 Å². The van der Waals surface area contributed by atoms with Crippen LogP contribution in [0.15, 0.2) is 53.4 Å². The molecule has 0 spiro atoms. The maximum Gasteiger partial charge on any atom is 0.234 e. The van der Waals surface area contributed by atoms with Crippen molar-refractivity contribution in [2.75, 3.05) is 63.2 Å². The van der Waals surface area contributed by atoms with Crippen molar-refractivity contribution in [1.82, 2.24) is 15.2 Å². The van der Waals surface area contributed by atoms with Gasteiger partial charge < -0.3 is 30.2 Å². The van der Waals surface area contributed by atoms with Crippen LogP contribution in [-0.2, 0) is 18.7 Å². The summed E-state index contributed by atoms with van der Waals surface area (Å²) in [4.78, 5) is 12.8. The van der Waals surface area contributed by atoms with Gasteiger partial charge in [0, 0.05) is 72.9 Å². The minimum atomic E-state index is -0.110. The largest absolute Gasteiger partial charge is 0.472 e. The van der Waals surface area contributed by atoms with Crippen molar-refractivity contribution in [2.24, 2.45) is 0 Å². The van der Waals surface area contributed by atoms with Gasteiger partial charge in [0.1, 0.15) is 17.7 Å². The Bertz CT molecular complexity index is 1400. The van der Waals surface area contributed by atoms with Gasteiger partial charge >= 0.3 is 0 Å². The number of nitriles is 1. The van der Waals surface area contributed by atoms with Gasteiger partial charge in [-0.3, -0.25) is 0 Å². The molecule has 1 atom stereocenters. The molecule has 1 saturated heterocycles. The van der Waals surface area contributed by atoms with Crippen molar-refractivity contribution in [3.8, 4) is 11.9 Å². The normalized spacial score (nSPS) is 15.8. The topological polar surface area (TPSA) is 91.5 Å². The Morgan fingerprint density at radius 2 is 1.90 bits per heavy atom. The first-order chi connectivity index (χ1) is 20.0. The average molecular weight is 570 g/mol. The SMILES string of the molecule is CC(CN(C)C)Oc1nc2c(c(N3CCNCC3)c1C#N)CCN(c1cccc(SCc3ccccc3)c1C=N)C2. The lowest BCUT2D eigenvalue weighted by Crippen LogP contribution is -2.45. The Labute approximate surface area is 247 Å². The quantitative estimate of drug-likeness (QED) is 0.272. The number of rotatable bonds is 10. The molecule has 214 valence electrons. The van der Waals surface area contributed by atoms with Gasteiger partial charge in [0.15, 0.2) is 0 Å². The first-order valence-electron chi connectivity index (χ1n) is 14.3. The number of thioether (sulfide) groups is 1. The summed E-state index contributed by atoms with van der Waals surface area (Å²) < 4.78 is 6.35. The van der Waals surface area contributed by atoms with E-state index in [1.807, 2.05) is 27.1 Å². The third-order valence-electron chi connectivity index (χ3n) is 7.54. The Hall–Kier alpha value is -3.58. The number of aromatic nitrogens is 1. The molecule has 41 heavy (non-hydrogen) atoms. The molecule has 2 aromatic carbocycles. The van der Waals surface area contributed by atoms with Crippen molar-refractivity contribution < 1.29 is 4.74 Å². The monoisotopic (exact) mass is 569 g/mol. The Morgan fingerprint density at radius 3 is 2.61 bits per heavy atom. The predicted octanol–water partition coefficient (Wildman–Crippen LogP) is 4.54. The lowest BCUT2D eigenvalue weighted by Gasteiger charge is -2.37. The molecule has 0 aliphatic carbocycles. The Balaban J connectivity index is 1.48. The predicted molar refractivity (Wildman–Crippen MR) is 168 cm³/mol. The lowest BCUT2D eigenvalue weighted by atomic mass is 9.97. The van der Waals surface area contributed by atoms with Crippen LogP contribution in [0.2, 0.25) is 0 Å². The van der Waals surface area contributed by atoms with Gasteiger partial charge in [-0.2, -0.15) is 5.26 Å². The third kappa shape index (κ3) is 6.67. The zero-order valence-electron chi connectivity index (χ0n) is 24.2. The average Bonchev–Trinajstić information content (AvgIpc) is 2.99. The molecule has 2 aliphatic heterocycles. The van der Waals surface area contributed by atoms with Gasteiger partial charge in [-0.15, -0.1) is 11.8 Å². The van der Waals surface area contributed by atoms with Crippen molar-refractivity contribution in [3.05, 3.63) is 76.5 Å². The lowest BCUT2D eigenvalue weighted by molar-refractivity contribution is 0.169. The third-order valence-corrected chi connectivity index (χ3v) is 8.68. The number of nitrogens with one attached hydrogen (secondary N) is 2. The smallest absolute Gasteiger partial charge is 0.234 e. The molecule has 3 aromatic rings. The summed E-state index contributed by atoms with van der Waals surface area (Å²) in [5.74, 6) is 1.28. The maximum absolute atomic E-state index is 10.3. The van der Waals surface area contributed by atoms with Crippen LogP contribution in [0.3, 0.4) is 0 Å². The number of hydrogen-bond acceptors (Lipinski definition) is 9. The molecule has 0 saturated carbocycles. The molecule has 1 fully saturated rings. The second-order valence-corrected chi connectivity index (χ2v) is 11.9. The zero-order valence-corrected chi connectivity index (χ0v) is 25.0. The number of fused-ring (bicyclic) bond motifs is 1. The van der Waals surface area contributed by atoms with E-state index >= 15 is 0 Å². The molecular formula is C32H39N7OS. The Morgan fingerprint density at radius 1 is 1.12 bits per heavy atom. The first kappa shape index (κ1) is 28.9. The molecule has 0 bridgehead atoms. The number of ether oxygens (including phenoxy) is 1. The van der Waals surface area contributed by atoms with Crippen LogP contribution in [0, 0.1) is 16.7 Å². The molecule has 2 aliphatic rings. The minimum Gasteiger partial charge on any atom is -0.472 e. The standard InChI is InChI=1S/C32H39N7OS/c1-23(20-37(2)3)40-32-27(19-34)31(38-16-13-35-14-17-38)25-12-15-39(21-28(25)36-32)29-10-7-11-30(26(29)18-33)41-22-24-8-5-4-6-9-24/h4-11,18,23,33,35H,12-17,20-22H2,1-3H3. The number of likely N-dealkylation sites (N-methyl/N-ethyl adjacent to an activating group) is 1. The fraction of sp³-hybridized carbons (Fsp3) is 0.406. The summed E-state index contributed by atoms with van der Waals surface area (Å²) in [6.07, 6.45) is 2.15. The van der Waals surface area contributed by atoms with E-state index in [1.54, 1.807) is 11.8 Å². The number of anilines is 2. The van der Waals surface area contributed by atoms with Crippen LogP contribution in [0.1, 0.15) is 34.9 Å². The molecule has 8 nitrogen and oxygen atoms in total. The fourth-order valence-corrected chi connectivity index (χ4v) is 6.73. The second kappa shape index (κ2) is 13.4. The number of piperazine rings is 1. The van der Waals surface area contributed by atoms with E-state index in [-0.39, 0.29) is 6.10 Å². The van der Waals surface area contributed by atoms with Crippen molar-refractivity contribution in [1.29, 1.82) is 10.7 Å². The summed E-state index contributed by atoms with van der Waals surface area (Å²) in [6.45, 7) is 7.62. The van der Waals surface area contributed by atoms with E-state index in [0.717, 1.165) is 84.5 Å². The molecular weight excluding hydrogens is 530 g/mol. The van der Waals surface area contributed by atoms with Crippen LogP contribution >= 0.6 is 11.8 Å². The molecule has 0 amide bonds. The summed E-state index contributed by atoms with van der Waals surface area (Å²) >= 11 is 1.76.